The normalized spacial score (nSPS) is 21.0. The van der Waals surface area contributed by atoms with E-state index >= 15 is 0 Å². The minimum atomic E-state index is -0.0558. The van der Waals surface area contributed by atoms with Crippen molar-refractivity contribution in [1.29, 1.82) is 0 Å². The molecular weight excluding hydrogens is 308 g/mol. The van der Waals surface area contributed by atoms with Crippen molar-refractivity contribution in [3.05, 3.63) is 35.3 Å². The molecule has 2 atom stereocenters. The fourth-order valence-corrected chi connectivity index (χ4v) is 3.82. The summed E-state index contributed by atoms with van der Waals surface area (Å²) in [5.74, 6) is 1.31. The average Bonchev–Trinajstić information content (AvgIpc) is 3.07. The quantitative estimate of drug-likeness (QED) is 0.917. The maximum atomic E-state index is 12.4. The summed E-state index contributed by atoms with van der Waals surface area (Å²) in [5.41, 5.74) is 1.51. The van der Waals surface area contributed by atoms with Crippen molar-refractivity contribution in [2.75, 3.05) is 7.11 Å². The Labute approximate surface area is 140 Å². The lowest BCUT2D eigenvalue weighted by atomic mass is 9.86. The molecule has 1 N–H and O–H groups in total. The Kier molecular flexibility index (Phi) is 4.96. The zero-order valence-corrected chi connectivity index (χ0v) is 14.4. The highest BCUT2D eigenvalue weighted by Crippen LogP contribution is 2.27. The topological polar surface area (TPSA) is 51.2 Å². The number of nitrogens with zero attached hydrogens (tertiary/aromatic N) is 1. The van der Waals surface area contributed by atoms with E-state index in [4.69, 9.17) is 4.74 Å². The van der Waals surface area contributed by atoms with Crippen LogP contribution in [0.4, 0.5) is 0 Å². The zero-order chi connectivity index (χ0) is 16.2. The molecule has 1 amide bonds. The summed E-state index contributed by atoms with van der Waals surface area (Å²) in [6.07, 6.45) is 4.73. The Morgan fingerprint density at radius 3 is 2.70 bits per heavy atom. The van der Waals surface area contributed by atoms with Crippen molar-refractivity contribution in [2.45, 2.75) is 38.6 Å². The number of carbonyl (C=O) groups is 1. The molecule has 1 heterocycles. The first-order valence-electron chi connectivity index (χ1n) is 8.08. The van der Waals surface area contributed by atoms with Crippen LogP contribution in [-0.2, 0) is 0 Å². The highest BCUT2D eigenvalue weighted by atomic mass is 32.1. The molecule has 3 rings (SSSR count). The van der Waals surface area contributed by atoms with Gasteiger partial charge in [0.15, 0.2) is 0 Å². The van der Waals surface area contributed by atoms with Crippen LogP contribution in [0.5, 0.6) is 5.75 Å². The van der Waals surface area contributed by atoms with Crippen LogP contribution < -0.4 is 10.1 Å². The molecule has 1 aromatic heterocycles. The maximum Gasteiger partial charge on any atom is 0.271 e. The minimum Gasteiger partial charge on any atom is -0.497 e. The Morgan fingerprint density at radius 1 is 1.26 bits per heavy atom. The van der Waals surface area contributed by atoms with Crippen LogP contribution in [0.25, 0.3) is 10.6 Å². The van der Waals surface area contributed by atoms with Gasteiger partial charge in [-0.3, -0.25) is 4.79 Å². The molecule has 5 heteroatoms. The van der Waals surface area contributed by atoms with Crippen LogP contribution in [0.3, 0.4) is 0 Å². The summed E-state index contributed by atoms with van der Waals surface area (Å²) in [6, 6.07) is 8.01. The second kappa shape index (κ2) is 7.13. The van der Waals surface area contributed by atoms with Gasteiger partial charge in [-0.1, -0.05) is 19.8 Å². The molecule has 0 spiro atoms. The third kappa shape index (κ3) is 3.72. The summed E-state index contributed by atoms with van der Waals surface area (Å²) < 4.78 is 5.16. The summed E-state index contributed by atoms with van der Waals surface area (Å²) >= 11 is 1.49. The van der Waals surface area contributed by atoms with Crippen molar-refractivity contribution in [3.8, 4) is 16.3 Å². The predicted octanol–water partition coefficient (Wildman–Crippen LogP) is 4.13. The number of nitrogens with one attached hydrogen (secondary N) is 1. The van der Waals surface area contributed by atoms with Gasteiger partial charge in [-0.05, 0) is 43.0 Å². The van der Waals surface area contributed by atoms with Gasteiger partial charge in [0.2, 0.25) is 0 Å². The number of amides is 1. The van der Waals surface area contributed by atoms with E-state index in [0.717, 1.165) is 22.7 Å². The van der Waals surface area contributed by atoms with Crippen LogP contribution in [0.2, 0.25) is 0 Å². The minimum absolute atomic E-state index is 0.0558. The molecule has 1 fully saturated rings. The Hall–Kier alpha value is -1.88. The molecule has 1 aliphatic rings. The molecule has 0 radical (unpaired) electrons. The number of carbonyl (C=O) groups excluding carboxylic acids is 1. The van der Waals surface area contributed by atoms with E-state index in [1.807, 2.05) is 29.6 Å². The average molecular weight is 330 g/mol. The fourth-order valence-electron chi connectivity index (χ4n) is 3.02. The van der Waals surface area contributed by atoms with Crippen molar-refractivity contribution >= 4 is 17.2 Å². The van der Waals surface area contributed by atoms with Gasteiger partial charge in [0.05, 0.1) is 7.11 Å². The number of benzene rings is 1. The molecular formula is C18H22N2O2S. The van der Waals surface area contributed by atoms with Gasteiger partial charge in [0.1, 0.15) is 16.5 Å². The monoisotopic (exact) mass is 330 g/mol. The van der Waals surface area contributed by atoms with Gasteiger partial charge < -0.3 is 10.1 Å². The number of hydrogen-bond donors (Lipinski definition) is 1. The smallest absolute Gasteiger partial charge is 0.271 e. The summed E-state index contributed by atoms with van der Waals surface area (Å²) in [4.78, 5) is 16.9. The number of thiazole rings is 1. The van der Waals surface area contributed by atoms with Gasteiger partial charge >= 0.3 is 0 Å². The van der Waals surface area contributed by atoms with Crippen molar-refractivity contribution in [1.82, 2.24) is 10.3 Å². The molecule has 4 nitrogen and oxygen atoms in total. The van der Waals surface area contributed by atoms with E-state index in [1.54, 1.807) is 7.11 Å². The van der Waals surface area contributed by atoms with E-state index in [0.29, 0.717) is 11.6 Å². The third-order valence-electron chi connectivity index (χ3n) is 4.50. The number of ether oxygens (including phenoxy) is 1. The van der Waals surface area contributed by atoms with Gasteiger partial charge in [-0.25, -0.2) is 4.98 Å². The summed E-state index contributed by atoms with van der Waals surface area (Å²) in [6.45, 7) is 2.22. The molecule has 0 saturated heterocycles. The standard InChI is InChI=1S/C18H22N2O2S/c1-12-5-3-4-6-15(12)19-17(21)16-11-23-18(20-16)13-7-9-14(22-2)10-8-13/h7-12,15H,3-6H2,1-2H3,(H,19,21). The van der Waals surface area contributed by atoms with E-state index < -0.39 is 0 Å². The largest absolute Gasteiger partial charge is 0.497 e. The van der Waals surface area contributed by atoms with Gasteiger partial charge in [0, 0.05) is 17.0 Å². The van der Waals surface area contributed by atoms with Crippen molar-refractivity contribution in [2.24, 2.45) is 5.92 Å². The zero-order valence-electron chi connectivity index (χ0n) is 13.5. The second-order valence-electron chi connectivity index (χ2n) is 6.11. The molecule has 1 aliphatic carbocycles. The van der Waals surface area contributed by atoms with Gasteiger partial charge in [-0.2, -0.15) is 0 Å². The van der Waals surface area contributed by atoms with E-state index in [-0.39, 0.29) is 11.9 Å². The van der Waals surface area contributed by atoms with E-state index in [9.17, 15) is 4.79 Å². The highest BCUT2D eigenvalue weighted by Gasteiger charge is 2.24. The lowest BCUT2D eigenvalue weighted by Gasteiger charge is -2.29. The highest BCUT2D eigenvalue weighted by molar-refractivity contribution is 7.13. The third-order valence-corrected chi connectivity index (χ3v) is 5.39. The first-order chi connectivity index (χ1) is 11.2. The number of aromatic nitrogens is 1. The molecule has 122 valence electrons. The SMILES string of the molecule is COc1ccc(-c2nc(C(=O)NC3CCCCC3C)cs2)cc1. The van der Waals surface area contributed by atoms with Crippen molar-refractivity contribution < 1.29 is 9.53 Å². The van der Waals surface area contributed by atoms with E-state index in [1.165, 1.54) is 30.6 Å². The van der Waals surface area contributed by atoms with Gasteiger partial charge in [-0.15, -0.1) is 11.3 Å². The Morgan fingerprint density at radius 2 is 2.00 bits per heavy atom. The van der Waals surface area contributed by atoms with Crippen molar-refractivity contribution in [3.63, 3.8) is 0 Å². The van der Waals surface area contributed by atoms with Crippen LogP contribution >= 0.6 is 11.3 Å². The van der Waals surface area contributed by atoms with Gasteiger partial charge in [0.25, 0.3) is 5.91 Å². The number of hydrogen-bond acceptors (Lipinski definition) is 4. The van der Waals surface area contributed by atoms with Crippen LogP contribution in [0, 0.1) is 5.92 Å². The number of rotatable bonds is 4. The molecule has 2 aromatic rings. The predicted molar refractivity (Wildman–Crippen MR) is 93.0 cm³/mol. The second-order valence-corrected chi connectivity index (χ2v) is 6.97. The maximum absolute atomic E-state index is 12.4. The van der Waals surface area contributed by atoms with Crippen LogP contribution in [0.15, 0.2) is 29.6 Å². The Bertz CT molecular complexity index is 666. The number of methoxy groups -OCH3 is 1. The molecule has 0 aliphatic heterocycles. The summed E-state index contributed by atoms with van der Waals surface area (Å²) in [5, 5.41) is 5.84. The fraction of sp³-hybridized carbons (Fsp3) is 0.444. The molecule has 0 bridgehead atoms. The molecule has 23 heavy (non-hydrogen) atoms. The first-order valence-corrected chi connectivity index (χ1v) is 8.96. The Balaban J connectivity index is 1.69. The molecule has 1 aromatic carbocycles. The molecule has 2 unspecified atom stereocenters. The molecule has 1 saturated carbocycles. The first kappa shape index (κ1) is 16.0. The lowest BCUT2D eigenvalue weighted by molar-refractivity contribution is 0.0906. The van der Waals surface area contributed by atoms with Crippen LogP contribution in [-0.4, -0.2) is 24.0 Å². The van der Waals surface area contributed by atoms with E-state index in [2.05, 4.69) is 17.2 Å². The van der Waals surface area contributed by atoms with Crippen LogP contribution in [0.1, 0.15) is 43.1 Å². The lowest BCUT2D eigenvalue weighted by Crippen LogP contribution is -2.41. The summed E-state index contributed by atoms with van der Waals surface area (Å²) in [7, 11) is 1.65.